The number of carbonyl (C=O) groups excluding carboxylic acids is 1. The van der Waals surface area contributed by atoms with Gasteiger partial charge in [-0.1, -0.05) is 48.0 Å². The normalized spacial score (nSPS) is 53.8. The zero-order valence-corrected chi connectivity index (χ0v) is 23.1. The summed E-state index contributed by atoms with van der Waals surface area (Å²) in [6, 6.07) is 0. The van der Waals surface area contributed by atoms with Crippen LogP contribution in [0.15, 0.2) is 0 Å². The molecule has 33 heavy (non-hydrogen) atoms. The highest BCUT2D eigenvalue weighted by Crippen LogP contribution is 2.77. The van der Waals surface area contributed by atoms with Gasteiger partial charge in [0, 0.05) is 6.92 Å². The molecular weight excluding hydrogens is 404 g/mol. The van der Waals surface area contributed by atoms with Crippen LogP contribution in [0.5, 0.6) is 0 Å². The smallest absolute Gasteiger partial charge is 0.302 e. The Kier molecular flexibility index (Phi) is 5.49. The first-order valence-electron chi connectivity index (χ1n) is 14.5. The zero-order chi connectivity index (χ0) is 24.0. The summed E-state index contributed by atoms with van der Waals surface area (Å²) in [4.78, 5) is 11.8. The van der Waals surface area contributed by atoms with Crippen molar-refractivity contribution in [2.75, 3.05) is 0 Å². The average Bonchev–Trinajstić information content (AvgIpc) is 3.05. The number of rotatable bonds is 2. The lowest BCUT2D eigenvalue weighted by Gasteiger charge is -2.72. The number of carbonyl (C=O) groups is 1. The van der Waals surface area contributed by atoms with E-state index in [1.807, 2.05) is 0 Å². The Morgan fingerprint density at radius 2 is 1.52 bits per heavy atom. The van der Waals surface area contributed by atoms with E-state index < -0.39 is 0 Å². The standard InChI is InChI=1S/C31H52O2/c1-20(33-21(2)32)22-12-16-28(5)18-19-30(7)23(26(22)28)10-11-25-29(6)15-9-14-27(3,4)24(29)13-17-31(25,30)8/h20,22-26H,9-19H2,1-8H3/t20-,22-,23+,24-,25+,26+,28+,29-,30+,31+/m0/s1. The second kappa shape index (κ2) is 7.49. The predicted molar refractivity (Wildman–Crippen MR) is 136 cm³/mol. The Bertz CT molecular complexity index is 801. The summed E-state index contributed by atoms with van der Waals surface area (Å²) in [7, 11) is 0. The van der Waals surface area contributed by atoms with Gasteiger partial charge in [0.1, 0.15) is 6.10 Å². The molecule has 0 aromatic heterocycles. The minimum atomic E-state index is -0.100. The van der Waals surface area contributed by atoms with Crippen molar-refractivity contribution in [2.45, 2.75) is 132 Å². The number of hydrogen-bond acceptors (Lipinski definition) is 2. The van der Waals surface area contributed by atoms with Gasteiger partial charge in [-0.15, -0.1) is 0 Å². The van der Waals surface area contributed by atoms with Crippen molar-refractivity contribution in [3.63, 3.8) is 0 Å². The van der Waals surface area contributed by atoms with Crippen molar-refractivity contribution >= 4 is 5.97 Å². The van der Waals surface area contributed by atoms with Gasteiger partial charge in [-0.05, 0) is 128 Å². The molecule has 0 unspecified atom stereocenters. The second-order valence-electron chi connectivity index (χ2n) is 15.2. The van der Waals surface area contributed by atoms with Crippen LogP contribution in [-0.4, -0.2) is 12.1 Å². The highest BCUT2D eigenvalue weighted by atomic mass is 16.5. The zero-order valence-electron chi connectivity index (χ0n) is 23.1. The molecule has 0 aromatic carbocycles. The van der Waals surface area contributed by atoms with E-state index in [9.17, 15) is 4.79 Å². The van der Waals surface area contributed by atoms with E-state index in [0.29, 0.717) is 33.0 Å². The Balaban J connectivity index is 1.51. The molecule has 5 fully saturated rings. The number of esters is 1. The van der Waals surface area contributed by atoms with Crippen LogP contribution in [0.25, 0.3) is 0 Å². The monoisotopic (exact) mass is 456 g/mol. The third kappa shape index (κ3) is 3.20. The molecule has 2 heteroatoms. The van der Waals surface area contributed by atoms with Gasteiger partial charge < -0.3 is 4.74 Å². The molecule has 0 radical (unpaired) electrons. The van der Waals surface area contributed by atoms with Crippen LogP contribution in [0.2, 0.25) is 0 Å². The lowest BCUT2D eigenvalue weighted by Crippen LogP contribution is -2.65. The third-order valence-electron chi connectivity index (χ3n) is 13.6. The first-order valence-corrected chi connectivity index (χ1v) is 14.5. The summed E-state index contributed by atoms with van der Waals surface area (Å²) in [5.41, 5.74) is 2.35. The third-order valence-corrected chi connectivity index (χ3v) is 13.6. The largest absolute Gasteiger partial charge is 0.463 e. The molecule has 0 N–H and O–H groups in total. The molecule has 5 aliphatic carbocycles. The van der Waals surface area contributed by atoms with Gasteiger partial charge in [-0.2, -0.15) is 0 Å². The molecule has 0 bridgehead atoms. The van der Waals surface area contributed by atoms with E-state index in [1.54, 1.807) is 6.92 Å². The number of hydrogen-bond donors (Lipinski definition) is 0. The molecule has 5 rings (SSSR count). The van der Waals surface area contributed by atoms with Crippen LogP contribution < -0.4 is 0 Å². The van der Waals surface area contributed by atoms with E-state index in [4.69, 9.17) is 4.74 Å². The maximum atomic E-state index is 11.8. The fraction of sp³-hybridized carbons (Fsp3) is 0.968. The Labute approximate surface area is 204 Å². The van der Waals surface area contributed by atoms with Crippen LogP contribution in [0.4, 0.5) is 0 Å². The summed E-state index contributed by atoms with van der Waals surface area (Å²) in [5, 5.41) is 0. The molecule has 0 heterocycles. The maximum absolute atomic E-state index is 11.8. The fourth-order valence-corrected chi connectivity index (χ4v) is 12.0. The lowest BCUT2D eigenvalue weighted by atomic mass is 9.32. The highest BCUT2D eigenvalue weighted by molar-refractivity contribution is 5.66. The summed E-state index contributed by atoms with van der Waals surface area (Å²) in [5.74, 6) is 3.73. The second-order valence-corrected chi connectivity index (χ2v) is 15.2. The average molecular weight is 457 g/mol. The molecule has 0 spiro atoms. The SMILES string of the molecule is CC(=O)O[C@@H](C)[C@@H]1CC[C@]2(C)CC[C@]3(C)[C@H](CC[C@@H]4[C@@]5(C)CCCC(C)(C)[C@@H]5CC[C@]43C)[C@@H]12. The van der Waals surface area contributed by atoms with Crippen molar-refractivity contribution in [3.8, 4) is 0 Å². The maximum Gasteiger partial charge on any atom is 0.302 e. The predicted octanol–water partition coefficient (Wildman–Crippen LogP) is 8.43. The van der Waals surface area contributed by atoms with Crippen molar-refractivity contribution in [2.24, 2.45) is 56.7 Å². The van der Waals surface area contributed by atoms with E-state index in [1.165, 1.54) is 70.6 Å². The van der Waals surface area contributed by atoms with Crippen molar-refractivity contribution < 1.29 is 9.53 Å². The summed E-state index contributed by atoms with van der Waals surface area (Å²) < 4.78 is 5.84. The number of fused-ring (bicyclic) bond motifs is 7. The van der Waals surface area contributed by atoms with Gasteiger partial charge >= 0.3 is 5.97 Å². The Morgan fingerprint density at radius 3 is 2.21 bits per heavy atom. The van der Waals surface area contributed by atoms with Gasteiger partial charge in [-0.3, -0.25) is 4.79 Å². The number of ether oxygens (including phenoxy) is 1. The molecule has 10 atom stereocenters. The van der Waals surface area contributed by atoms with Gasteiger partial charge in [0.25, 0.3) is 0 Å². The molecular formula is C31H52O2. The van der Waals surface area contributed by atoms with Crippen molar-refractivity contribution in [3.05, 3.63) is 0 Å². The van der Waals surface area contributed by atoms with Crippen molar-refractivity contribution in [1.82, 2.24) is 0 Å². The van der Waals surface area contributed by atoms with Gasteiger partial charge in [0.05, 0.1) is 0 Å². The van der Waals surface area contributed by atoms with Crippen LogP contribution in [-0.2, 0) is 9.53 Å². The Morgan fingerprint density at radius 1 is 0.788 bits per heavy atom. The molecule has 5 aliphatic rings. The Hall–Kier alpha value is -0.530. The molecule has 188 valence electrons. The molecule has 2 nitrogen and oxygen atoms in total. The van der Waals surface area contributed by atoms with E-state index in [2.05, 4.69) is 48.5 Å². The van der Waals surface area contributed by atoms with Gasteiger partial charge in [0.15, 0.2) is 0 Å². The highest BCUT2D eigenvalue weighted by Gasteiger charge is 2.69. The van der Waals surface area contributed by atoms with E-state index in [-0.39, 0.29) is 12.1 Å². The summed E-state index contributed by atoms with van der Waals surface area (Å²) in [6.45, 7) is 19.7. The van der Waals surface area contributed by atoms with E-state index >= 15 is 0 Å². The fourth-order valence-electron chi connectivity index (χ4n) is 12.0. The van der Waals surface area contributed by atoms with Crippen LogP contribution in [0.3, 0.4) is 0 Å². The van der Waals surface area contributed by atoms with Crippen LogP contribution >= 0.6 is 0 Å². The summed E-state index contributed by atoms with van der Waals surface area (Å²) >= 11 is 0. The lowest BCUT2D eigenvalue weighted by molar-refractivity contribution is -0.238. The first-order chi connectivity index (χ1) is 15.3. The molecule has 0 aromatic rings. The molecule has 0 saturated heterocycles. The minimum absolute atomic E-state index is 0.0644. The quantitative estimate of drug-likeness (QED) is 0.390. The van der Waals surface area contributed by atoms with Crippen molar-refractivity contribution in [1.29, 1.82) is 0 Å². The first kappa shape index (κ1) is 24.2. The molecule has 0 aliphatic heterocycles. The molecule has 0 amide bonds. The summed E-state index contributed by atoms with van der Waals surface area (Å²) in [6.07, 6.45) is 15.4. The topological polar surface area (TPSA) is 26.3 Å². The molecule has 5 saturated carbocycles. The van der Waals surface area contributed by atoms with Gasteiger partial charge in [0.2, 0.25) is 0 Å². The van der Waals surface area contributed by atoms with Gasteiger partial charge in [-0.25, -0.2) is 0 Å². The van der Waals surface area contributed by atoms with E-state index in [0.717, 1.165) is 23.7 Å². The van der Waals surface area contributed by atoms with Crippen LogP contribution in [0, 0.1) is 56.7 Å². The van der Waals surface area contributed by atoms with Crippen LogP contribution in [0.1, 0.15) is 126 Å². The minimum Gasteiger partial charge on any atom is -0.463 e.